The van der Waals surface area contributed by atoms with Crippen LogP contribution >= 0.6 is 23.2 Å². The number of phenolic OH excluding ortho intramolecular Hbond substituents is 2. The number of aromatic hydroxyl groups is 2. The Morgan fingerprint density at radius 1 is 0.963 bits per heavy atom. The Morgan fingerprint density at radius 2 is 1.59 bits per heavy atom. The fourth-order valence-electron chi connectivity index (χ4n) is 2.50. The summed E-state index contributed by atoms with van der Waals surface area (Å²) in [5.41, 5.74) is -0.0529. The molecule has 3 aromatic rings. The Kier molecular flexibility index (Phi) is 5.39. The van der Waals surface area contributed by atoms with E-state index in [0.717, 1.165) is 6.07 Å². The largest absolute Gasteiger partial charge is 0.507 e. The number of ether oxygens (including phenoxy) is 1. The second-order valence-corrected chi connectivity index (χ2v) is 6.37. The number of carbonyl (C=O) groups excluding carboxylic acids is 2. The molecule has 3 aromatic carbocycles. The molecule has 0 heterocycles. The van der Waals surface area contributed by atoms with Crippen LogP contribution < -0.4 is 5.32 Å². The van der Waals surface area contributed by atoms with Gasteiger partial charge in [0.25, 0.3) is 5.91 Å². The van der Waals surface area contributed by atoms with Crippen molar-refractivity contribution in [1.29, 1.82) is 0 Å². The van der Waals surface area contributed by atoms with Crippen LogP contribution in [0.2, 0.25) is 10.0 Å². The molecule has 0 spiro atoms. The number of phenols is 2. The number of esters is 1. The van der Waals surface area contributed by atoms with Gasteiger partial charge in [0, 0.05) is 10.8 Å². The van der Waals surface area contributed by atoms with E-state index in [1.54, 1.807) is 42.5 Å². The van der Waals surface area contributed by atoms with Crippen LogP contribution in [-0.4, -0.2) is 28.7 Å². The summed E-state index contributed by atoms with van der Waals surface area (Å²) < 4.78 is 4.92. The maximum atomic E-state index is 12.2. The number of para-hydroxylation sites is 1. The highest BCUT2D eigenvalue weighted by Gasteiger charge is 2.19. The van der Waals surface area contributed by atoms with Crippen molar-refractivity contribution in [3.05, 3.63) is 64.1 Å². The lowest BCUT2D eigenvalue weighted by molar-refractivity contribution is -0.119. The summed E-state index contributed by atoms with van der Waals surface area (Å²) in [6.07, 6.45) is 0. The molecule has 8 heteroatoms. The number of halogens is 2. The minimum absolute atomic E-state index is 0.192. The quantitative estimate of drug-likeness (QED) is 0.442. The number of fused-ring (bicyclic) bond motifs is 1. The molecule has 138 valence electrons. The second-order valence-electron chi connectivity index (χ2n) is 5.56. The van der Waals surface area contributed by atoms with Gasteiger partial charge >= 0.3 is 5.97 Å². The van der Waals surface area contributed by atoms with Crippen LogP contribution in [0.5, 0.6) is 11.5 Å². The zero-order chi connectivity index (χ0) is 19.6. The van der Waals surface area contributed by atoms with Gasteiger partial charge in [0.1, 0.15) is 17.1 Å². The number of rotatable bonds is 4. The molecular weight excluding hydrogens is 393 g/mol. The third kappa shape index (κ3) is 3.92. The van der Waals surface area contributed by atoms with Gasteiger partial charge in [-0.25, -0.2) is 4.79 Å². The van der Waals surface area contributed by atoms with Gasteiger partial charge in [-0.1, -0.05) is 53.5 Å². The van der Waals surface area contributed by atoms with E-state index in [1.807, 2.05) is 0 Å². The zero-order valence-corrected chi connectivity index (χ0v) is 15.2. The molecule has 0 unspecified atom stereocenters. The lowest BCUT2D eigenvalue weighted by Gasteiger charge is -2.11. The number of nitrogens with one attached hydrogen (secondary N) is 1. The highest BCUT2D eigenvalue weighted by Crippen LogP contribution is 2.35. The first-order valence-electron chi connectivity index (χ1n) is 7.73. The normalized spacial score (nSPS) is 10.6. The van der Waals surface area contributed by atoms with Crippen LogP contribution in [0, 0.1) is 0 Å². The Morgan fingerprint density at radius 3 is 2.26 bits per heavy atom. The van der Waals surface area contributed by atoms with E-state index in [9.17, 15) is 19.8 Å². The predicted octanol–water partition coefficient (Wildman–Crippen LogP) is 4.35. The van der Waals surface area contributed by atoms with Crippen molar-refractivity contribution in [2.75, 3.05) is 11.9 Å². The van der Waals surface area contributed by atoms with Crippen molar-refractivity contribution in [2.24, 2.45) is 0 Å². The van der Waals surface area contributed by atoms with E-state index >= 15 is 0 Å². The molecular formula is C19H13Cl2NO5. The molecule has 0 bridgehead atoms. The molecule has 0 aliphatic carbocycles. The van der Waals surface area contributed by atoms with E-state index in [2.05, 4.69) is 5.32 Å². The monoisotopic (exact) mass is 405 g/mol. The summed E-state index contributed by atoms with van der Waals surface area (Å²) in [5, 5.41) is 23.9. The van der Waals surface area contributed by atoms with Crippen molar-refractivity contribution in [1.82, 2.24) is 0 Å². The average molecular weight is 406 g/mol. The second kappa shape index (κ2) is 7.73. The molecule has 0 saturated heterocycles. The fourth-order valence-corrected chi connectivity index (χ4v) is 2.99. The Bertz CT molecular complexity index is 1030. The van der Waals surface area contributed by atoms with E-state index in [1.165, 1.54) is 0 Å². The van der Waals surface area contributed by atoms with Crippen molar-refractivity contribution in [2.45, 2.75) is 0 Å². The van der Waals surface area contributed by atoms with Crippen LogP contribution in [0.1, 0.15) is 10.4 Å². The minimum Gasteiger partial charge on any atom is -0.507 e. The zero-order valence-electron chi connectivity index (χ0n) is 13.7. The van der Waals surface area contributed by atoms with E-state index in [0.29, 0.717) is 5.39 Å². The number of hydrogen-bond donors (Lipinski definition) is 3. The number of benzene rings is 3. The van der Waals surface area contributed by atoms with Gasteiger partial charge in [0.2, 0.25) is 0 Å². The van der Waals surface area contributed by atoms with Gasteiger partial charge in [0.05, 0.1) is 15.7 Å². The smallest absolute Gasteiger partial charge is 0.342 e. The fraction of sp³-hybridized carbons (Fsp3) is 0.0526. The van der Waals surface area contributed by atoms with Crippen molar-refractivity contribution >= 4 is 51.5 Å². The highest BCUT2D eigenvalue weighted by atomic mass is 35.5. The molecule has 0 atom stereocenters. The lowest BCUT2D eigenvalue weighted by atomic mass is 10.0. The average Bonchev–Trinajstić information content (AvgIpc) is 2.66. The van der Waals surface area contributed by atoms with Crippen molar-refractivity contribution < 1.29 is 24.5 Å². The standard InChI is InChI=1S/C19H13Cl2NO5/c20-13-6-3-7-14(21)17(13)22-16(24)9-27-19(26)12-8-15(23)10-4-1-2-5-11(10)18(12)25/h1-8,23,25H,9H2,(H,22,24). The van der Waals surface area contributed by atoms with Gasteiger partial charge < -0.3 is 20.3 Å². The lowest BCUT2D eigenvalue weighted by Crippen LogP contribution is -2.21. The van der Waals surface area contributed by atoms with Crippen LogP contribution in [-0.2, 0) is 9.53 Å². The van der Waals surface area contributed by atoms with E-state index in [4.69, 9.17) is 27.9 Å². The molecule has 6 nitrogen and oxygen atoms in total. The van der Waals surface area contributed by atoms with Crippen LogP contribution in [0.3, 0.4) is 0 Å². The van der Waals surface area contributed by atoms with Gasteiger partial charge in [-0.2, -0.15) is 0 Å². The highest BCUT2D eigenvalue weighted by molar-refractivity contribution is 6.39. The Labute approximate surface area is 163 Å². The van der Waals surface area contributed by atoms with Gasteiger partial charge in [-0.15, -0.1) is 0 Å². The maximum Gasteiger partial charge on any atom is 0.342 e. The summed E-state index contributed by atoms with van der Waals surface area (Å²) in [7, 11) is 0. The van der Waals surface area contributed by atoms with Gasteiger partial charge in [0.15, 0.2) is 6.61 Å². The molecule has 3 N–H and O–H groups in total. The SMILES string of the molecule is O=C(COC(=O)c1cc(O)c2ccccc2c1O)Nc1c(Cl)cccc1Cl. The molecule has 3 rings (SSSR count). The number of amides is 1. The van der Waals surface area contributed by atoms with Gasteiger partial charge in [-0.3, -0.25) is 4.79 Å². The van der Waals surface area contributed by atoms with Gasteiger partial charge in [-0.05, 0) is 18.2 Å². The van der Waals surface area contributed by atoms with Crippen molar-refractivity contribution in [3.63, 3.8) is 0 Å². The summed E-state index contributed by atoms with van der Waals surface area (Å²) >= 11 is 11.9. The first kappa shape index (κ1) is 18.8. The molecule has 0 radical (unpaired) electrons. The summed E-state index contributed by atoms with van der Waals surface area (Å²) in [5.74, 6) is -2.16. The van der Waals surface area contributed by atoms with Crippen LogP contribution in [0.25, 0.3) is 10.8 Å². The Hall–Kier alpha value is -2.96. The van der Waals surface area contributed by atoms with E-state index < -0.39 is 18.5 Å². The molecule has 1 amide bonds. The molecule has 0 aromatic heterocycles. The molecule has 0 fully saturated rings. The number of carbonyl (C=O) groups is 2. The first-order chi connectivity index (χ1) is 12.9. The van der Waals surface area contributed by atoms with Crippen molar-refractivity contribution in [3.8, 4) is 11.5 Å². The molecule has 0 aliphatic rings. The van der Waals surface area contributed by atoms with E-state index in [-0.39, 0.29) is 38.2 Å². The first-order valence-corrected chi connectivity index (χ1v) is 8.48. The predicted molar refractivity (Wildman–Crippen MR) is 103 cm³/mol. The Balaban J connectivity index is 1.74. The number of hydrogen-bond acceptors (Lipinski definition) is 5. The summed E-state index contributed by atoms with van der Waals surface area (Å²) in [6, 6.07) is 12.3. The van der Waals surface area contributed by atoms with Crippen LogP contribution in [0.15, 0.2) is 48.5 Å². The molecule has 0 saturated carbocycles. The maximum absolute atomic E-state index is 12.2. The van der Waals surface area contributed by atoms with Crippen LogP contribution in [0.4, 0.5) is 5.69 Å². The third-order valence-corrected chi connectivity index (χ3v) is 4.41. The number of anilines is 1. The minimum atomic E-state index is -0.964. The molecule has 0 aliphatic heterocycles. The molecule has 27 heavy (non-hydrogen) atoms. The summed E-state index contributed by atoms with van der Waals surface area (Å²) in [6.45, 7) is -0.632. The summed E-state index contributed by atoms with van der Waals surface area (Å²) in [4.78, 5) is 24.2. The topological polar surface area (TPSA) is 95.9 Å². The third-order valence-electron chi connectivity index (χ3n) is 3.78.